The molecule has 1 fully saturated rings. The average Bonchev–Trinajstić information content (AvgIpc) is 3.38. The lowest BCUT2D eigenvalue weighted by molar-refractivity contribution is -0.137. The minimum Gasteiger partial charge on any atom is -0.489 e. The zero-order valence-corrected chi connectivity index (χ0v) is 20.4. The Hall–Kier alpha value is -1.24. The Morgan fingerprint density at radius 1 is 1.30 bits per heavy atom. The highest BCUT2D eigenvalue weighted by atomic mass is 127. The maximum absolute atomic E-state index is 12.8. The van der Waals surface area contributed by atoms with E-state index in [2.05, 4.69) is 15.6 Å². The van der Waals surface area contributed by atoms with Gasteiger partial charge in [0.05, 0.1) is 17.9 Å². The highest BCUT2D eigenvalue weighted by Crippen LogP contribution is 2.46. The Kier molecular flexibility index (Phi) is 9.71. The predicted molar refractivity (Wildman–Crippen MR) is 122 cm³/mol. The summed E-state index contributed by atoms with van der Waals surface area (Å²) in [5.41, 5.74) is -1.000. The van der Waals surface area contributed by atoms with E-state index in [0.717, 1.165) is 25.0 Å². The van der Waals surface area contributed by atoms with Crippen molar-refractivity contribution in [1.82, 2.24) is 10.6 Å². The molecule has 2 rings (SSSR count). The summed E-state index contributed by atoms with van der Waals surface area (Å²) < 4.78 is 67.3. The summed E-state index contributed by atoms with van der Waals surface area (Å²) in [6.45, 7) is 2.71. The number of aliphatic imine (C=N–C) groups is 1. The van der Waals surface area contributed by atoms with E-state index in [4.69, 9.17) is 4.74 Å². The Balaban J connectivity index is 0.00000450. The summed E-state index contributed by atoms with van der Waals surface area (Å²) in [7, 11) is -1.46. The molecule has 30 heavy (non-hydrogen) atoms. The van der Waals surface area contributed by atoms with Crippen molar-refractivity contribution < 1.29 is 26.3 Å². The standard InChI is InChI=1S/C19H28F3N3O3S.HI/c1-4-15(28-16-7-5-6-14(10-16)19(20,21)22)11-24-17(23-2)25-12-18(8-9-18)13-29(3,26)27;/h5-7,10,15H,4,8-9,11-13H2,1-3H3,(H2,23,24,25);1H. The molecule has 6 nitrogen and oxygen atoms in total. The molecule has 1 aromatic carbocycles. The first-order chi connectivity index (χ1) is 13.5. The van der Waals surface area contributed by atoms with E-state index < -0.39 is 21.6 Å². The fourth-order valence-electron chi connectivity index (χ4n) is 3.01. The molecule has 0 amide bonds. The van der Waals surface area contributed by atoms with Gasteiger partial charge in [-0.15, -0.1) is 24.0 Å². The van der Waals surface area contributed by atoms with Gasteiger partial charge in [-0.05, 0) is 37.5 Å². The van der Waals surface area contributed by atoms with Crippen molar-refractivity contribution in [2.24, 2.45) is 10.4 Å². The number of hydrogen-bond donors (Lipinski definition) is 2. The molecule has 172 valence electrons. The second-order valence-electron chi connectivity index (χ2n) is 7.55. The van der Waals surface area contributed by atoms with Crippen molar-refractivity contribution >= 4 is 39.8 Å². The Bertz CT molecular complexity index is 828. The van der Waals surface area contributed by atoms with Gasteiger partial charge in [-0.1, -0.05) is 13.0 Å². The second-order valence-corrected chi connectivity index (χ2v) is 9.69. The third kappa shape index (κ3) is 8.86. The zero-order chi connectivity index (χ0) is 21.7. The first-order valence-electron chi connectivity index (χ1n) is 9.42. The lowest BCUT2D eigenvalue weighted by atomic mass is 10.1. The van der Waals surface area contributed by atoms with Crippen molar-refractivity contribution in [3.05, 3.63) is 29.8 Å². The molecule has 1 unspecified atom stereocenters. The van der Waals surface area contributed by atoms with Crippen LogP contribution in [0.2, 0.25) is 0 Å². The quantitative estimate of drug-likeness (QED) is 0.274. The van der Waals surface area contributed by atoms with Crippen molar-refractivity contribution in [2.45, 2.75) is 38.5 Å². The lowest BCUT2D eigenvalue weighted by Crippen LogP contribution is -2.45. The van der Waals surface area contributed by atoms with Gasteiger partial charge in [-0.25, -0.2) is 8.42 Å². The smallest absolute Gasteiger partial charge is 0.416 e. The number of nitrogens with zero attached hydrogens (tertiary/aromatic N) is 1. The third-order valence-electron chi connectivity index (χ3n) is 4.80. The maximum Gasteiger partial charge on any atom is 0.416 e. The molecule has 1 saturated carbocycles. The number of benzene rings is 1. The third-order valence-corrected chi connectivity index (χ3v) is 5.93. The first-order valence-corrected chi connectivity index (χ1v) is 11.5. The topological polar surface area (TPSA) is 79.8 Å². The van der Waals surface area contributed by atoms with E-state index in [-0.39, 0.29) is 47.0 Å². The minimum atomic E-state index is -4.42. The number of hydrogen-bond acceptors (Lipinski definition) is 4. The van der Waals surface area contributed by atoms with Gasteiger partial charge in [-0.2, -0.15) is 13.2 Å². The Morgan fingerprint density at radius 2 is 1.97 bits per heavy atom. The number of sulfone groups is 1. The molecule has 0 aromatic heterocycles. The molecule has 2 N–H and O–H groups in total. The van der Waals surface area contributed by atoms with Crippen LogP contribution in [0, 0.1) is 5.41 Å². The van der Waals surface area contributed by atoms with E-state index >= 15 is 0 Å². The number of alkyl halides is 3. The molecular weight excluding hydrogens is 534 g/mol. The molecule has 0 saturated heterocycles. The van der Waals surface area contributed by atoms with Crippen LogP contribution in [0.5, 0.6) is 5.75 Å². The first kappa shape index (κ1) is 26.8. The highest BCUT2D eigenvalue weighted by molar-refractivity contribution is 14.0. The van der Waals surface area contributed by atoms with E-state index in [1.165, 1.54) is 18.4 Å². The van der Waals surface area contributed by atoms with Crippen LogP contribution in [0.3, 0.4) is 0 Å². The van der Waals surface area contributed by atoms with Crippen LogP contribution in [0.15, 0.2) is 29.3 Å². The van der Waals surface area contributed by atoms with E-state index in [1.54, 1.807) is 7.05 Å². The maximum atomic E-state index is 12.8. The molecule has 0 aliphatic heterocycles. The average molecular weight is 563 g/mol. The van der Waals surface area contributed by atoms with Gasteiger partial charge in [0.25, 0.3) is 0 Å². The summed E-state index contributed by atoms with van der Waals surface area (Å²) in [6.07, 6.45) is -1.27. The molecule has 0 heterocycles. The summed E-state index contributed by atoms with van der Waals surface area (Å²) in [5.74, 6) is 0.789. The summed E-state index contributed by atoms with van der Waals surface area (Å²) in [6, 6.07) is 4.79. The molecule has 11 heteroatoms. The Labute approximate surface area is 193 Å². The molecule has 0 bridgehead atoms. The summed E-state index contributed by atoms with van der Waals surface area (Å²) >= 11 is 0. The minimum absolute atomic E-state index is 0. The second kappa shape index (κ2) is 10.9. The fraction of sp³-hybridized carbons (Fsp3) is 0.632. The van der Waals surface area contributed by atoms with Crippen molar-refractivity contribution in [3.63, 3.8) is 0 Å². The van der Waals surface area contributed by atoms with E-state index in [9.17, 15) is 21.6 Å². The van der Waals surface area contributed by atoms with Crippen LogP contribution in [0.1, 0.15) is 31.7 Å². The zero-order valence-electron chi connectivity index (χ0n) is 17.3. The fourth-order valence-corrected chi connectivity index (χ4v) is 4.52. The van der Waals surface area contributed by atoms with Crippen LogP contribution in [0.25, 0.3) is 0 Å². The van der Waals surface area contributed by atoms with Gasteiger partial charge in [0.2, 0.25) is 0 Å². The summed E-state index contributed by atoms with van der Waals surface area (Å²) in [4.78, 5) is 4.12. The van der Waals surface area contributed by atoms with Gasteiger partial charge in [-0.3, -0.25) is 4.99 Å². The van der Waals surface area contributed by atoms with Crippen LogP contribution in [-0.4, -0.2) is 52.6 Å². The SMILES string of the molecule is CCC(CNC(=NC)NCC1(CS(C)(=O)=O)CC1)Oc1cccc(C(F)(F)F)c1.I. The molecule has 1 aliphatic carbocycles. The number of guanidine groups is 1. The normalized spacial score (nSPS) is 16.9. The molecule has 1 aromatic rings. The molecule has 0 radical (unpaired) electrons. The van der Waals surface area contributed by atoms with Gasteiger partial charge in [0.15, 0.2) is 5.96 Å². The number of ether oxygens (including phenoxy) is 1. The van der Waals surface area contributed by atoms with Crippen molar-refractivity contribution in [3.8, 4) is 5.75 Å². The predicted octanol–water partition coefficient (Wildman–Crippen LogP) is 3.47. The van der Waals surface area contributed by atoms with Gasteiger partial charge >= 0.3 is 6.18 Å². The number of nitrogens with one attached hydrogen (secondary N) is 2. The van der Waals surface area contributed by atoms with Gasteiger partial charge in [0, 0.05) is 25.3 Å². The van der Waals surface area contributed by atoms with Crippen LogP contribution in [-0.2, 0) is 16.0 Å². The van der Waals surface area contributed by atoms with Crippen LogP contribution >= 0.6 is 24.0 Å². The summed E-state index contributed by atoms with van der Waals surface area (Å²) in [5, 5.41) is 6.23. The number of rotatable bonds is 9. The monoisotopic (exact) mass is 563 g/mol. The molecular formula is C19H29F3IN3O3S. The van der Waals surface area contributed by atoms with Crippen molar-refractivity contribution in [2.75, 3.05) is 32.1 Å². The highest BCUT2D eigenvalue weighted by Gasteiger charge is 2.45. The van der Waals surface area contributed by atoms with Crippen molar-refractivity contribution in [1.29, 1.82) is 0 Å². The molecule has 0 spiro atoms. The van der Waals surface area contributed by atoms with Gasteiger partial charge < -0.3 is 15.4 Å². The largest absolute Gasteiger partial charge is 0.489 e. The molecule has 1 atom stereocenters. The van der Waals surface area contributed by atoms with E-state index in [1.807, 2.05) is 6.92 Å². The molecule has 1 aliphatic rings. The number of halogens is 4. The van der Waals surface area contributed by atoms with Crippen LogP contribution in [0.4, 0.5) is 13.2 Å². The lowest BCUT2D eigenvalue weighted by Gasteiger charge is -2.22. The van der Waals surface area contributed by atoms with E-state index in [0.29, 0.717) is 25.5 Å². The Morgan fingerprint density at radius 3 is 2.47 bits per heavy atom. The van der Waals surface area contributed by atoms with Gasteiger partial charge in [0.1, 0.15) is 21.7 Å². The van der Waals surface area contributed by atoms with Crippen LogP contribution < -0.4 is 15.4 Å².